The topological polar surface area (TPSA) is 63.9 Å². The molecule has 0 aliphatic carbocycles. The van der Waals surface area contributed by atoms with Gasteiger partial charge in [0.1, 0.15) is 21.3 Å². The largest absolute Gasteiger partial charge is 0.438 e. The van der Waals surface area contributed by atoms with E-state index in [1.807, 2.05) is 19.9 Å². The van der Waals surface area contributed by atoms with E-state index in [-0.39, 0.29) is 22.9 Å². The van der Waals surface area contributed by atoms with Crippen LogP contribution in [0.5, 0.6) is 11.6 Å². The molecule has 1 aromatic carbocycles. The Balaban J connectivity index is 1.67. The van der Waals surface area contributed by atoms with Crippen LogP contribution in [-0.4, -0.2) is 31.1 Å². The van der Waals surface area contributed by atoms with Crippen molar-refractivity contribution in [2.45, 2.75) is 59.3 Å². The number of hydrogen-bond donors (Lipinski definition) is 0. The first-order valence-electron chi connectivity index (χ1n) is 12.5. The van der Waals surface area contributed by atoms with Crippen molar-refractivity contribution < 1.29 is 9.53 Å². The van der Waals surface area contributed by atoms with Crippen LogP contribution in [0.15, 0.2) is 46.2 Å². The van der Waals surface area contributed by atoms with E-state index in [0.717, 1.165) is 30.4 Å². The number of amides is 1. The molecule has 1 amide bonds. The van der Waals surface area contributed by atoms with E-state index < -0.39 is 0 Å². The molecule has 37 heavy (non-hydrogen) atoms. The lowest BCUT2D eigenvalue weighted by molar-refractivity contribution is -0.122. The third-order valence-corrected chi connectivity index (χ3v) is 8.08. The second-order valence-corrected chi connectivity index (χ2v) is 11.2. The first-order chi connectivity index (χ1) is 17.8. The summed E-state index contributed by atoms with van der Waals surface area (Å²) in [5.74, 6) is 0.435. The normalized spacial score (nSPS) is 14.8. The lowest BCUT2D eigenvalue weighted by Crippen LogP contribution is -2.29. The minimum absolute atomic E-state index is 0.127. The van der Waals surface area contributed by atoms with E-state index in [1.165, 1.54) is 35.4 Å². The maximum atomic E-state index is 13.6. The summed E-state index contributed by atoms with van der Waals surface area (Å²) in [6, 6.07) is 8.91. The molecule has 0 unspecified atom stereocenters. The molecule has 6 nitrogen and oxygen atoms in total. The van der Waals surface area contributed by atoms with E-state index in [1.54, 1.807) is 41.4 Å². The summed E-state index contributed by atoms with van der Waals surface area (Å²) >= 11 is 12.9. The van der Waals surface area contributed by atoms with Gasteiger partial charge in [0.25, 0.3) is 11.5 Å². The molecule has 0 saturated carbocycles. The number of fused-ring (bicyclic) bond motifs is 1. The average Bonchev–Trinajstić information content (AvgIpc) is 3.13. The number of thioether (sulfide) groups is 1. The number of aromatic nitrogens is 2. The number of halogens is 1. The fraction of sp³-hybridized carbons (Fsp3) is 0.357. The van der Waals surface area contributed by atoms with Crippen LogP contribution in [0.4, 0.5) is 0 Å². The Morgan fingerprint density at radius 2 is 1.84 bits per heavy atom. The van der Waals surface area contributed by atoms with Gasteiger partial charge in [-0.25, -0.2) is 0 Å². The molecule has 0 atom stereocenters. The Morgan fingerprint density at radius 1 is 1.08 bits per heavy atom. The van der Waals surface area contributed by atoms with Crippen molar-refractivity contribution in [3.63, 3.8) is 0 Å². The molecule has 2 aromatic heterocycles. The third-order valence-electron chi connectivity index (χ3n) is 6.28. The zero-order chi connectivity index (χ0) is 26.5. The lowest BCUT2D eigenvalue weighted by atomic mass is 10.1. The molecule has 1 aliphatic rings. The van der Waals surface area contributed by atoms with Gasteiger partial charge in [0, 0.05) is 17.8 Å². The predicted octanol–water partition coefficient (Wildman–Crippen LogP) is 7.32. The highest BCUT2D eigenvalue weighted by Crippen LogP contribution is 2.35. The molecule has 194 valence electrons. The van der Waals surface area contributed by atoms with Crippen molar-refractivity contribution in [3.05, 3.63) is 73.5 Å². The number of thiocarbonyl (C=S) groups is 1. The van der Waals surface area contributed by atoms with E-state index in [9.17, 15) is 9.59 Å². The van der Waals surface area contributed by atoms with Crippen molar-refractivity contribution >= 4 is 57.5 Å². The van der Waals surface area contributed by atoms with Gasteiger partial charge < -0.3 is 4.74 Å². The Bertz CT molecular complexity index is 1430. The fourth-order valence-corrected chi connectivity index (χ4v) is 5.57. The van der Waals surface area contributed by atoms with Crippen molar-refractivity contribution in [1.82, 2.24) is 14.3 Å². The summed E-state index contributed by atoms with van der Waals surface area (Å²) in [6.07, 6.45) is 9.98. The van der Waals surface area contributed by atoms with Crippen molar-refractivity contribution in [2.24, 2.45) is 0 Å². The molecule has 0 radical (unpaired) electrons. The lowest BCUT2D eigenvalue weighted by Gasteiger charge is -2.14. The van der Waals surface area contributed by atoms with Gasteiger partial charge in [-0.15, -0.1) is 0 Å². The van der Waals surface area contributed by atoms with E-state index >= 15 is 0 Å². The van der Waals surface area contributed by atoms with Gasteiger partial charge in [-0.3, -0.25) is 18.9 Å². The first kappa shape index (κ1) is 27.4. The molecular weight excluding hydrogens is 526 g/mol. The number of pyridine rings is 1. The monoisotopic (exact) mass is 555 g/mol. The molecule has 0 bridgehead atoms. The first-order valence-corrected chi connectivity index (χ1v) is 14.1. The fourth-order valence-electron chi connectivity index (χ4n) is 4.16. The number of carbonyl (C=O) groups excluding carboxylic acids is 1. The molecule has 3 heterocycles. The average molecular weight is 556 g/mol. The summed E-state index contributed by atoms with van der Waals surface area (Å²) in [7, 11) is 0. The van der Waals surface area contributed by atoms with Crippen LogP contribution in [0.2, 0.25) is 5.02 Å². The molecule has 1 fully saturated rings. The van der Waals surface area contributed by atoms with Crippen LogP contribution in [0.3, 0.4) is 0 Å². The Morgan fingerprint density at radius 3 is 2.59 bits per heavy atom. The van der Waals surface area contributed by atoms with Gasteiger partial charge in [0.15, 0.2) is 0 Å². The molecule has 1 aliphatic heterocycles. The summed E-state index contributed by atoms with van der Waals surface area (Å²) in [6.45, 7) is 6.52. The maximum Gasteiger partial charge on any atom is 0.269 e. The zero-order valence-corrected chi connectivity index (χ0v) is 23.6. The van der Waals surface area contributed by atoms with Crippen LogP contribution in [0.25, 0.3) is 11.7 Å². The van der Waals surface area contributed by atoms with Crippen LogP contribution in [0.1, 0.15) is 62.1 Å². The van der Waals surface area contributed by atoms with Gasteiger partial charge >= 0.3 is 0 Å². The number of carbonyl (C=O) groups is 1. The predicted molar refractivity (Wildman–Crippen MR) is 156 cm³/mol. The molecule has 9 heteroatoms. The molecule has 0 spiro atoms. The number of benzene rings is 1. The highest BCUT2D eigenvalue weighted by Gasteiger charge is 2.32. The number of unbranched alkanes of at least 4 members (excludes halogenated alkanes) is 5. The molecule has 0 N–H and O–H groups in total. The third kappa shape index (κ3) is 6.25. The Labute approximate surface area is 231 Å². The van der Waals surface area contributed by atoms with Crippen LogP contribution >= 0.6 is 35.6 Å². The molecular formula is C28H30ClN3O3S2. The zero-order valence-electron chi connectivity index (χ0n) is 21.3. The second-order valence-electron chi connectivity index (χ2n) is 9.13. The van der Waals surface area contributed by atoms with Gasteiger partial charge in [0.2, 0.25) is 5.88 Å². The molecule has 4 rings (SSSR count). The van der Waals surface area contributed by atoms with E-state index in [2.05, 4.69) is 11.9 Å². The van der Waals surface area contributed by atoms with Crippen LogP contribution in [-0.2, 0) is 4.79 Å². The number of hydrogen-bond acceptors (Lipinski definition) is 6. The molecule has 1 saturated heterocycles. The van der Waals surface area contributed by atoms with Gasteiger partial charge in [-0.05, 0) is 61.7 Å². The second kappa shape index (κ2) is 12.2. The standard InChI is InChI=1S/C28H30ClN3O3S2/c1-4-5-6-7-8-9-14-32-27(34)23(37-28(32)36)17-21-25(35-20-12-13-22(29)19(3)16-20)30-24-18(2)11-10-15-31(24)26(21)33/h10-13,15-17H,4-9,14H2,1-3H3/b23-17+. The van der Waals surface area contributed by atoms with Crippen LogP contribution < -0.4 is 10.3 Å². The van der Waals surface area contributed by atoms with E-state index in [4.69, 9.17) is 28.6 Å². The number of aryl methyl sites for hydroxylation is 2. The maximum absolute atomic E-state index is 13.6. The van der Waals surface area contributed by atoms with Crippen molar-refractivity contribution in [1.29, 1.82) is 0 Å². The highest BCUT2D eigenvalue weighted by molar-refractivity contribution is 8.26. The molecule has 3 aromatic rings. The van der Waals surface area contributed by atoms with Gasteiger partial charge in [-0.2, -0.15) is 4.98 Å². The van der Waals surface area contributed by atoms with Crippen LogP contribution in [0, 0.1) is 13.8 Å². The quantitative estimate of drug-likeness (QED) is 0.148. The summed E-state index contributed by atoms with van der Waals surface area (Å²) in [5.41, 5.74) is 2.02. The summed E-state index contributed by atoms with van der Waals surface area (Å²) in [5, 5.41) is 0.615. The van der Waals surface area contributed by atoms with Crippen molar-refractivity contribution in [3.8, 4) is 11.6 Å². The van der Waals surface area contributed by atoms with Crippen molar-refractivity contribution in [2.75, 3.05) is 6.54 Å². The Hall–Kier alpha value is -2.68. The number of nitrogens with zero attached hydrogens (tertiary/aromatic N) is 3. The number of rotatable bonds is 10. The SMILES string of the molecule is CCCCCCCCN1C(=O)/C(=C\c2c(Oc3ccc(Cl)c(C)c3)nc3c(C)cccn3c2=O)SC1=S. The van der Waals surface area contributed by atoms with Gasteiger partial charge in [0.05, 0.1) is 4.91 Å². The smallest absolute Gasteiger partial charge is 0.269 e. The number of ether oxygens (including phenoxy) is 1. The Kier molecular flexibility index (Phi) is 9.05. The van der Waals surface area contributed by atoms with Gasteiger partial charge in [-0.1, -0.05) is 80.7 Å². The minimum Gasteiger partial charge on any atom is -0.438 e. The summed E-state index contributed by atoms with van der Waals surface area (Å²) < 4.78 is 8.08. The minimum atomic E-state index is -0.324. The summed E-state index contributed by atoms with van der Waals surface area (Å²) in [4.78, 5) is 33.5. The van der Waals surface area contributed by atoms with E-state index in [0.29, 0.717) is 32.2 Å². The highest BCUT2D eigenvalue weighted by atomic mass is 35.5.